The van der Waals surface area contributed by atoms with E-state index in [9.17, 15) is 0 Å². The van der Waals surface area contributed by atoms with E-state index in [0.29, 0.717) is 6.04 Å². The first kappa shape index (κ1) is 13.5. The third-order valence-corrected chi connectivity index (χ3v) is 4.53. The van der Waals surface area contributed by atoms with Gasteiger partial charge < -0.3 is 14.8 Å². The maximum atomic E-state index is 5.53. The lowest BCUT2D eigenvalue weighted by atomic mass is 10.1. The second kappa shape index (κ2) is 6.85. The van der Waals surface area contributed by atoms with Gasteiger partial charge in [0.05, 0.1) is 13.2 Å². The highest BCUT2D eigenvalue weighted by Gasteiger charge is 2.23. The summed E-state index contributed by atoms with van der Waals surface area (Å²) in [6, 6.07) is 0.304. The molecule has 1 aliphatic rings. The predicted octanol–water partition coefficient (Wildman–Crippen LogP) is 3.31. The van der Waals surface area contributed by atoms with Crippen LogP contribution in [0.2, 0.25) is 0 Å². The summed E-state index contributed by atoms with van der Waals surface area (Å²) in [6.45, 7) is 4.63. The molecule has 1 unspecified atom stereocenters. The molecule has 0 spiro atoms. The molecule has 0 radical (unpaired) electrons. The van der Waals surface area contributed by atoms with E-state index in [1.807, 2.05) is 0 Å². The minimum absolute atomic E-state index is 0.0591. The summed E-state index contributed by atoms with van der Waals surface area (Å²) in [5.74, 6) is 0. The Hall–Kier alpha value is 0.0600. The Morgan fingerprint density at radius 1 is 1.47 bits per heavy atom. The quantitative estimate of drug-likeness (QED) is 0.872. The number of rotatable bonds is 6. The van der Waals surface area contributed by atoms with Gasteiger partial charge in [-0.1, -0.05) is 6.92 Å². The smallest absolute Gasteiger partial charge is 0.159 e. The van der Waals surface area contributed by atoms with E-state index in [-0.39, 0.29) is 6.29 Å². The van der Waals surface area contributed by atoms with Crippen molar-refractivity contribution in [1.82, 2.24) is 5.32 Å². The van der Waals surface area contributed by atoms with E-state index in [2.05, 4.69) is 38.9 Å². The lowest BCUT2D eigenvalue weighted by Crippen LogP contribution is -2.26. The molecule has 2 rings (SSSR count). The van der Waals surface area contributed by atoms with Crippen LogP contribution in [-0.2, 0) is 9.47 Å². The van der Waals surface area contributed by atoms with E-state index >= 15 is 0 Å². The maximum Gasteiger partial charge on any atom is 0.159 e. The lowest BCUT2D eigenvalue weighted by Gasteiger charge is -2.21. The fourth-order valence-corrected chi connectivity index (χ4v) is 3.54. The second-order valence-electron chi connectivity index (χ2n) is 4.09. The van der Waals surface area contributed by atoms with E-state index in [1.165, 1.54) is 10.0 Å². The van der Waals surface area contributed by atoms with E-state index in [0.717, 1.165) is 32.6 Å². The molecule has 1 atom stereocenters. The van der Waals surface area contributed by atoms with Crippen LogP contribution in [0.3, 0.4) is 0 Å². The Kier molecular flexibility index (Phi) is 5.44. The van der Waals surface area contributed by atoms with Crippen molar-refractivity contribution in [2.24, 2.45) is 0 Å². The number of hydrogen-bond acceptors (Lipinski definition) is 4. The molecule has 1 fully saturated rings. The summed E-state index contributed by atoms with van der Waals surface area (Å²) >= 11 is 5.31. The Morgan fingerprint density at radius 2 is 2.24 bits per heavy atom. The zero-order chi connectivity index (χ0) is 12.1. The first-order valence-electron chi connectivity index (χ1n) is 5.99. The molecular weight excluding hydrogens is 302 g/mol. The molecule has 0 saturated carbocycles. The number of halogens is 1. The van der Waals surface area contributed by atoms with Gasteiger partial charge in [-0.2, -0.15) is 11.3 Å². The Labute approximate surface area is 115 Å². The van der Waals surface area contributed by atoms with Crippen LogP contribution in [0.5, 0.6) is 0 Å². The van der Waals surface area contributed by atoms with Crippen LogP contribution in [0.1, 0.15) is 31.4 Å². The molecular formula is C12H18BrNO2S. The zero-order valence-electron chi connectivity index (χ0n) is 9.95. The third kappa shape index (κ3) is 3.76. The summed E-state index contributed by atoms with van der Waals surface area (Å²) in [4.78, 5) is 0. The SMILES string of the molecule is CCCNC(CC1OCCO1)c1cscc1Br. The van der Waals surface area contributed by atoms with Gasteiger partial charge in [0.15, 0.2) is 6.29 Å². The van der Waals surface area contributed by atoms with Crippen molar-refractivity contribution in [2.75, 3.05) is 19.8 Å². The Bertz CT molecular complexity index is 339. The summed E-state index contributed by atoms with van der Waals surface area (Å²) in [6.07, 6.45) is 1.94. The van der Waals surface area contributed by atoms with Gasteiger partial charge in [-0.05, 0) is 39.8 Å². The van der Waals surface area contributed by atoms with Gasteiger partial charge in [0.25, 0.3) is 0 Å². The van der Waals surface area contributed by atoms with Gasteiger partial charge in [-0.3, -0.25) is 0 Å². The molecule has 0 aromatic carbocycles. The zero-order valence-corrected chi connectivity index (χ0v) is 12.4. The average molecular weight is 320 g/mol. The fraction of sp³-hybridized carbons (Fsp3) is 0.667. The van der Waals surface area contributed by atoms with Crippen molar-refractivity contribution in [3.05, 3.63) is 20.8 Å². The van der Waals surface area contributed by atoms with Gasteiger partial charge >= 0.3 is 0 Å². The van der Waals surface area contributed by atoms with Crippen LogP contribution < -0.4 is 5.32 Å². The van der Waals surface area contributed by atoms with Crippen LogP contribution >= 0.6 is 27.3 Å². The molecule has 1 aromatic heterocycles. The van der Waals surface area contributed by atoms with E-state index < -0.39 is 0 Å². The van der Waals surface area contributed by atoms with Crippen LogP contribution in [0.25, 0.3) is 0 Å². The van der Waals surface area contributed by atoms with Crippen molar-refractivity contribution in [3.63, 3.8) is 0 Å². The normalized spacial score (nSPS) is 18.7. The standard InChI is InChI=1S/C12H18BrNO2S/c1-2-3-14-11(6-12-15-4-5-16-12)9-7-17-8-10(9)13/h7-8,11-12,14H,2-6H2,1H3. The first-order valence-corrected chi connectivity index (χ1v) is 7.73. The van der Waals surface area contributed by atoms with Gasteiger partial charge in [-0.15, -0.1) is 0 Å². The Morgan fingerprint density at radius 3 is 2.82 bits per heavy atom. The monoisotopic (exact) mass is 319 g/mol. The summed E-state index contributed by atoms with van der Waals surface area (Å²) < 4.78 is 12.2. The lowest BCUT2D eigenvalue weighted by molar-refractivity contribution is -0.0530. The number of thiophene rings is 1. The topological polar surface area (TPSA) is 30.5 Å². The summed E-state index contributed by atoms with van der Waals surface area (Å²) in [5.41, 5.74) is 1.31. The molecule has 2 heterocycles. The van der Waals surface area contributed by atoms with Crippen molar-refractivity contribution in [1.29, 1.82) is 0 Å². The summed E-state index contributed by atoms with van der Waals surface area (Å²) in [5, 5.41) is 7.86. The highest BCUT2D eigenvalue weighted by Crippen LogP contribution is 2.31. The maximum absolute atomic E-state index is 5.53. The Balaban J connectivity index is 1.99. The molecule has 0 amide bonds. The highest BCUT2D eigenvalue weighted by atomic mass is 79.9. The molecule has 1 aromatic rings. The first-order chi connectivity index (χ1) is 8.31. The number of hydrogen-bond donors (Lipinski definition) is 1. The molecule has 96 valence electrons. The fourth-order valence-electron chi connectivity index (χ4n) is 1.91. The molecule has 1 saturated heterocycles. The second-order valence-corrected chi connectivity index (χ2v) is 5.69. The molecule has 5 heteroatoms. The van der Waals surface area contributed by atoms with Crippen LogP contribution in [0.15, 0.2) is 15.2 Å². The third-order valence-electron chi connectivity index (χ3n) is 2.78. The predicted molar refractivity (Wildman–Crippen MR) is 73.4 cm³/mol. The molecule has 0 aliphatic carbocycles. The molecule has 17 heavy (non-hydrogen) atoms. The highest BCUT2D eigenvalue weighted by molar-refractivity contribution is 9.10. The molecule has 3 nitrogen and oxygen atoms in total. The van der Waals surface area contributed by atoms with Crippen LogP contribution in [0, 0.1) is 0 Å². The van der Waals surface area contributed by atoms with Crippen molar-refractivity contribution < 1.29 is 9.47 Å². The van der Waals surface area contributed by atoms with Gasteiger partial charge in [0, 0.05) is 22.3 Å². The number of ether oxygens (including phenoxy) is 2. The minimum atomic E-state index is -0.0591. The average Bonchev–Trinajstić information content (AvgIpc) is 2.95. The van der Waals surface area contributed by atoms with Gasteiger partial charge in [-0.25, -0.2) is 0 Å². The van der Waals surface area contributed by atoms with E-state index in [1.54, 1.807) is 11.3 Å². The van der Waals surface area contributed by atoms with Gasteiger partial charge in [0.1, 0.15) is 0 Å². The number of nitrogens with one attached hydrogen (secondary N) is 1. The molecule has 1 aliphatic heterocycles. The van der Waals surface area contributed by atoms with Crippen molar-refractivity contribution in [3.8, 4) is 0 Å². The molecule has 0 bridgehead atoms. The van der Waals surface area contributed by atoms with Crippen molar-refractivity contribution >= 4 is 27.3 Å². The minimum Gasteiger partial charge on any atom is -0.350 e. The van der Waals surface area contributed by atoms with E-state index in [4.69, 9.17) is 9.47 Å². The largest absolute Gasteiger partial charge is 0.350 e. The van der Waals surface area contributed by atoms with Crippen LogP contribution in [-0.4, -0.2) is 26.0 Å². The summed E-state index contributed by atoms with van der Waals surface area (Å²) in [7, 11) is 0. The van der Waals surface area contributed by atoms with Gasteiger partial charge in [0.2, 0.25) is 0 Å². The van der Waals surface area contributed by atoms with Crippen LogP contribution in [0.4, 0.5) is 0 Å². The van der Waals surface area contributed by atoms with Crippen molar-refractivity contribution in [2.45, 2.75) is 32.1 Å². The molecule has 1 N–H and O–H groups in total.